The molecular weight excluding hydrogens is 901 g/mol. The van der Waals surface area contributed by atoms with Gasteiger partial charge in [-0.05, 0) is 63.3 Å². The third-order valence-electron chi connectivity index (χ3n) is 12.3. The number of oxazole rings is 1. The summed E-state index contributed by atoms with van der Waals surface area (Å²) in [6.45, 7) is 16.0. The van der Waals surface area contributed by atoms with Gasteiger partial charge in [-0.25, -0.2) is 19.9 Å². The zero-order chi connectivity index (χ0) is 49.9. The summed E-state index contributed by atoms with van der Waals surface area (Å²) >= 11 is 0. The van der Waals surface area contributed by atoms with Crippen molar-refractivity contribution < 1.29 is 37.9 Å². The Morgan fingerprint density at radius 2 is 1.67 bits per heavy atom. The third kappa shape index (κ3) is 10.5. The molecule has 0 radical (unpaired) electrons. The van der Waals surface area contributed by atoms with E-state index in [1.165, 1.54) is 12.3 Å². The number of imidazole rings is 2. The maximum Gasteiger partial charge on any atom is 0.295 e. The predicted molar refractivity (Wildman–Crippen MR) is 259 cm³/mol. The smallest absolute Gasteiger partial charge is 0.295 e. The molecule has 22 nitrogen and oxygen atoms in total. The lowest BCUT2D eigenvalue weighted by atomic mass is 9.91. The van der Waals surface area contributed by atoms with Crippen LogP contribution in [0, 0.1) is 19.8 Å². The number of morpholine rings is 1. The molecule has 0 aliphatic carbocycles. The second-order valence-electron chi connectivity index (χ2n) is 18.2. The van der Waals surface area contributed by atoms with Gasteiger partial charge < -0.3 is 34.8 Å². The molecule has 0 saturated carbocycles. The highest BCUT2D eigenvalue weighted by Gasteiger charge is 2.48. The van der Waals surface area contributed by atoms with E-state index in [-0.39, 0.29) is 42.2 Å². The van der Waals surface area contributed by atoms with Crippen molar-refractivity contribution in [2.75, 3.05) is 56.6 Å². The zero-order valence-corrected chi connectivity index (χ0v) is 40.4. The van der Waals surface area contributed by atoms with E-state index < -0.39 is 29.4 Å². The van der Waals surface area contributed by atoms with Gasteiger partial charge in [0, 0.05) is 64.5 Å². The maximum absolute atomic E-state index is 13.8. The van der Waals surface area contributed by atoms with Crippen LogP contribution in [0.5, 0.6) is 5.75 Å². The molecule has 1 spiro atoms. The largest absolute Gasteiger partial charge is 0.491 e. The molecular formula is C48H60N14O8. The lowest BCUT2D eigenvalue weighted by molar-refractivity contribution is -0.189. The highest BCUT2D eigenvalue weighted by molar-refractivity contribution is 6.04. The minimum Gasteiger partial charge on any atom is -0.491 e. The van der Waals surface area contributed by atoms with Crippen LogP contribution in [0.4, 0.5) is 11.9 Å². The van der Waals surface area contributed by atoms with Gasteiger partial charge in [0.15, 0.2) is 11.5 Å². The average Bonchev–Trinajstić information content (AvgIpc) is 4.09. The molecule has 6 N–H and O–H groups in total. The van der Waals surface area contributed by atoms with Crippen molar-refractivity contribution in [1.29, 1.82) is 0 Å². The van der Waals surface area contributed by atoms with Crippen LogP contribution < -0.4 is 26.8 Å². The number of nitrogens with one attached hydrogen (secondary N) is 2. The van der Waals surface area contributed by atoms with Crippen molar-refractivity contribution in [3.05, 3.63) is 82.5 Å². The van der Waals surface area contributed by atoms with Crippen molar-refractivity contribution in [3.63, 3.8) is 0 Å². The molecule has 5 aromatic heterocycles. The van der Waals surface area contributed by atoms with E-state index >= 15 is 0 Å². The Bertz CT molecular complexity index is 2980. The molecule has 2 aliphatic rings. The first kappa shape index (κ1) is 49.1. The van der Waals surface area contributed by atoms with Crippen molar-refractivity contribution >= 4 is 64.0 Å². The molecule has 2 aliphatic heterocycles. The number of carbonyl (C=O) groups is 5. The minimum absolute atomic E-state index is 0.0315. The van der Waals surface area contributed by atoms with E-state index in [4.69, 9.17) is 30.3 Å². The van der Waals surface area contributed by atoms with Crippen LogP contribution in [0.15, 0.2) is 47.0 Å². The Morgan fingerprint density at radius 1 is 0.943 bits per heavy atom. The predicted octanol–water partition coefficient (Wildman–Crippen LogP) is 3.89. The fourth-order valence-electron chi connectivity index (χ4n) is 9.12. The van der Waals surface area contributed by atoms with Crippen molar-refractivity contribution in [1.82, 2.24) is 48.7 Å². The maximum atomic E-state index is 13.8. The van der Waals surface area contributed by atoms with Gasteiger partial charge in [0.2, 0.25) is 29.5 Å². The van der Waals surface area contributed by atoms with E-state index in [0.29, 0.717) is 140 Å². The summed E-state index contributed by atoms with van der Waals surface area (Å²) in [4.78, 5) is 87.2. The Hall–Kier alpha value is -7.30. The number of pyridine rings is 1. The number of amides is 4. The summed E-state index contributed by atoms with van der Waals surface area (Å²) in [6, 6.07) is 5.94. The lowest BCUT2D eigenvalue weighted by Gasteiger charge is -2.54. The molecule has 370 valence electrons. The second kappa shape index (κ2) is 20.7. The SMILES string of the molecule is CCc1nc(C)oc1C(=O)Nc1nc2cc(C=O)cc(OCCCN3CC4(C3)CN(C(=O)C(N)CC(C)C)CCO4)c2n1C/C=C/Cn1c(NC(=O)c2cc(C)nn2CC)nc2cc(C(N)=O)cnc21. The van der Waals surface area contributed by atoms with Crippen molar-refractivity contribution in [3.8, 4) is 5.75 Å². The van der Waals surface area contributed by atoms with Crippen LogP contribution in [0.2, 0.25) is 0 Å². The molecule has 1 atom stereocenters. The zero-order valence-electron chi connectivity index (χ0n) is 40.4. The number of fused-ring (bicyclic) bond motifs is 2. The molecule has 70 heavy (non-hydrogen) atoms. The minimum atomic E-state index is -0.677. The number of ether oxygens (including phenoxy) is 2. The number of carbonyl (C=O) groups excluding carboxylic acids is 5. The van der Waals surface area contributed by atoms with E-state index in [1.54, 1.807) is 45.9 Å². The molecule has 1 unspecified atom stereocenters. The molecule has 8 rings (SSSR count). The molecule has 7 heterocycles. The van der Waals surface area contributed by atoms with Gasteiger partial charge in [0.05, 0.1) is 48.3 Å². The topological polar surface area (TPSA) is 279 Å². The van der Waals surface area contributed by atoms with Gasteiger partial charge >= 0.3 is 0 Å². The van der Waals surface area contributed by atoms with Crippen molar-refractivity contribution in [2.24, 2.45) is 17.4 Å². The first-order chi connectivity index (χ1) is 33.6. The number of rotatable bonds is 20. The Balaban J connectivity index is 1.03. The van der Waals surface area contributed by atoms with Crippen molar-refractivity contribution in [2.45, 2.75) is 92.1 Å². The first-order valence-corrected chi connectivity index (χ1v) is 23.6. The van der Waals surface area contributed by atoms with Crippen LogP contribution in [0.3, 0.4) is 0 Å². The first-order valence-electron chi connectivity index (χ1n) is 23.6. The normalized spacial score (nSPS) is 15.3. The van der Waals surface area contributed by atoms with Gasteiger partial charge in [-0.3, -0.25) is 48.8 Å². The van der Waals surface area contributed by atoms with Gasteiger partial charge in [-0.1, -0.05) is 32.9 Å². The average molecular weight is 961 g/mol. The van der Waals surface area contributed by atoms with Crippen LogP contribution in [0.25, 0.3) is 22.2 Å². The van der Waals surface area contributed by atoms with Crippen LogP contribution in [0.1, 0.15) is 99.6 Å². The second-order valence-corrected chi connectivity index (χ2v) is 18.2. The molecule has 2 fully saturated rings. The van der Waals surface area contributed by atoms with Crippen LogP contribution in [-0.4, -0.2) is 136 Å². The lowest BCUT2D eigenvalue weighted by Crippen LogP contribution is -2.71. The standard InChI is InChI=1S/C48H60N14O8/c1-7-34-40(70-30(6)52-34)44(66)56-46-53-35-20-31(24-63)21-38(68-16-11-12-58-25-48(26-58)27-59(15-17-69-48)45(67)33(49)18-28(3)4)39(35)60(46)13-9-10-14-61-42-36(22-32(23-51-42)41(50)64)54-47(61)55-43(65)37-19-29(5)57-62(37)8-2/h9-10,19-24,28,33H,7-8,11-18,25-27,49H2,1-6H3,(H2,50,64)(H,53,56,66)(H,54,55,65)/b10-9+. The number of nitrogens with two attached hydrogens (primary N) is 2. The molecule has 6 aromatic rings. The quantitative estimate of drug-likeness (QED) is 0.0480. The van der Waals surface area contributed by atoms with E-state index in [1.807, 2.05) is 30.9 Å². The van der Waals surface area contributed by atoms with Gasteiger partial charge in [-0.15, -0.1) is 0 Å². The number of benzene rings is 1. The number of likely N-dealkylation sites (tertiary alicyclic amines) is 1. The summed E-state index contributed by atoms with van der Waals surface area (Å²) in [6.07, 6.45) is 7.47. The number of hydrogen-bond donors (Lipinski definition) is 4. The molecule has 22 heteroatoms. The van der Waals surface area contributed by atoms with Crippen LogP contribution in [-0.2, 0) is 35.6 Å². The number of anilines is 2. The molecule has 0 bridgehead atoms. The summed E-state index contributed by atoms with van der Waals surface area (Å²) < 4.78 is 23.4. The Morgan fingerprint density at radius 3 is 2.39 bits per heavy atom. The molecule has 4 amide bonds. The van der Waals surface area contributed by atoms with Gasteiger partial charge in [0.1, 0.15) is 34.4 Å². The summed E-state index contributed by atoms with van der Waals surface area (Å²) in [5, 5.41) is 10.2. The van der Waals surface area contributed by atoms with Gasteiger partial charge in [-0.2, -0.15) is 5.10 Å². The number of aromatic nitrogens is 8. The summed E-state index contributed by atoms with van der Waals surface area (Å²) in [7, 11) is 0. The van der Waals surface area contributed by atoms with E-state index in [9.17, 15) is 24.0 Å². The fourth-order valence-corrected chi connectivity index (χ4v) is 9.12. The number of allylic oxidation sites excluding steroid dienone is 2. The summed E-state index contributed by atoms with van der Waals surface area (Å²) in [5.41, 5.74) is 15.0. The van der Waals surface area contributed by atoms with Gasteiger partial charge in [0.25, 0.3) is 11.8 Å². The molecule has 2 saturated heterocycles. The number of hydrogen-bond acceptors (Lipinski definition) is 15. The Labute approximate surface area is 403 Å². The fraction of sp³-hybridized carbons (Fsp3) is 0.458. The number of aldehydes is 1. The summed E-state index contributed by atoms with van der Waals surface area (Å²) in [5.74, 6) is -0.254. The highest BCUT2D eigenvalue weighted by atomic mass is 16.5. The number of primary amides is 1. The number of aryl methyl sites for hydroxylation is 4. The molecule has 1 aromatic carbocycles. The third-order valence-corrected chi connectivity index (χ3v) is 12.3. The van der Waals surface area contributed by atoms with E-state index in [0.717, 1.165) is 0 Å². The number of nitrogens with zero attached hydrogens (tertiary/aromatic N) is 10. The highest BCUT2D eigenvalue weighted by Crippen LogP contribution is 2.33. The van der Waals surface area contributed by atoms with Crippen LogP contribution >= 0.6 is 0 Å². The Kier molecular flexibility index (Phi) is 14.6. The monoisotopic (exact) mass is 960 g/mol. The van der Waals surface area contributed by atoms with E-state index in [2.05, 4.69) is 49.4 Å².